The molecule has 14 heteroatoms. The number of aromatic nitrogens is 5. The summed E-state index contributed by atoms with van der Waals surface area (Å²) in [7, 11) is 3.89. The van der Waals surface area contributed by atoms with Crippen molar-refractivity contribution in [2.75, 3.05) is 32.6 Å². The van der Waals surface area contributed by atoms with E-state index in [9.17, 15) is 19.3 Å². The molecule has 0 saturated heterocycles. The molecule has 0 bridgehead atoms. The van der Waals surface area contributed by atoms with Crippen molar-refractivity contribution >= 4 is 39.1 Å². The van der Waals surface area contributed by atoms with Gasteiger partial charge in [0.15, 0.2) is 11.5 Å². The van der Waals surface area contributed by atoms with Gasteiger partial charge in [-0.25, -0.2) is 24.0 Å². The van der Waals surface area contributed by atoms with Gasteiger partial charge in [0.05, 0.1) is 27.1 Å². The molecule has 0 aliphatic carbocycles. The molecule has 0 fully saturated rings. The minimum atomic E-state index is -0.573. The number of rotatable bonds is 9. The zero-order valence-electron chi connectivity index (χ0n) is 20.7. The van der Waals surface area contributed by atoms with E-state index in [-0.39, 0.29) is 21.5 Å². The van der Waals surface area contributed by atoms with Gasteiger partial charge in [-0.1, -0.05) is 11.3 Å². The van der Waals surface area contributed by atoms with Crippen molar-refractivity contribution < 1.29 is 18.8 Å². The summed E-state index contributed by atoms with van der Waals surface area (Å²) in [6.07, 6.45) is 3.04. The summed E-state index contributed by atoms with van der Waals surface area (Å²) in [6.45, 7) is 1.20. The number of hydrogen-bond donors (Lipinski definition) is 1. The third kappa shape index (κ3) is 5.71. The first-order chi connectivity index (χ1) is 18.8. The Morgan fingerprint density at radius 3 is 2.59 bits per heavy atom. The maximum Gasteiger partial charge on any atom is 0.324 e. The topological polar surface area (TPSA) is 141 Å². The SMILES string of the molecule is CN(C)CCOc1ccc(-c2nc(NC(=O)c3ccc([N+](=O)[O-])s3)c3cnn(-c4ccc(F)cc4)c3n2)cn1. The lowest BCUT2D eigenvalue weighted by molar-refractivity contribution is -0.380. The molecule has 5 rings (SSSR count). The van der Waals surface area contributed by atoms with Crippen molar-refractivity contribution in [1.29, 1.82) is 0 Å². The zero-order chi connectivity index (χ0) is 27.5. The summed E-state index contributed by atoms with van der Waals surface area (Å²) >= 11 is 0.750. The van der Waals surface area contributed by atoms with E-state index in [4.69, 9.17) is 4.74 Å². The maximum absolute atomic E-state index is 13.5. The van der Waals surface area contributed by atoms with Crippen LogP contribution in [0.5, 0.6) is 5.88 Å². The molecule has 1 N–H and O–H groups in total. The lowest BCUT2D eigenvalue weighted by Gasteiger charge is -2.11. The second kappa shape index (κ2) is 10.9. The number of hydrogen-bond acceptors (Lipinski definition) is 10. The summed E-state index contributed by atoms with van der Waals surface area (Å²) in [5.41, 5.74) is 1.45. The first-order valence-electron chi connectivity index (χ1n) is 11.6. The average Bonchev–Trinajstić information content (AvgIpc) is 3.58. The molecule has 39 heavy (non-hydrogen) atoms. The molecule has 4 heterocycles. The zero-order valence-corrected chi connectivity index (χ0v) is 21.6. The molecule has 198 valence electrons. The molecular weight excluding hydrogens is 527 g/mol. The van der Waals surface area contributed by atoms with Gasteiger partial charge in [-0.2, -0.15) is 5.10 Å². The molecule has 0 radical (unpaired) electrons. The Hall–Kier alpha value is -4.82. The van der Waals surface area contributed by atoms with Crippen molar-refractivity contribution in [1.82, 2.24) is 29.6 Å². The molecule has 0 atom stereocenters. The number of amides is 1. The Balaban J connectivity index is 1.53. The van der Waals surface area contributed by atoms with Gasteiger partial charge >= 0.3 is 5.00 Å². The van der Waals surface area contributed by atoms with Crippen molar-refractivity contribution in [3.63, 3.8) is 0 Å². The summed E-state index contributed by atoms with van der Waals surface area (Å²) in [4.78, 5) is 39.1. The minimum Gasteiger partial charge on any atom is -0.476 e. The fourth-order valence-corrected chi connectivity index (χ4v) is 4.27. The van der Waals surface area contributed by atoms with Crippen LogP contribution in [0.1, 0.15) is 9.67 Å². The number of carbonyl (C=O) groups excluding carboxylic acids is 1. The maximum atomic E-state index is 13.5. The molecule has 0 spiro atoms. The van der Waals surface area contributed by atoms with E-state index in [1.54, 1.807) is 30.5 Å². The van der Waals surface area contributed by atoms with Crippen molar-refractivity contribution in [3.05, 3.63) is 81.7 Å². The van der Waals surface area contributed by atoms with Crippen LogP contribution in [0.2, 0.25) is 0 Å². The summed E-state index contributed by atoms with van der Waals surface area (Å²) in [5.74, 6) is -0.147. The number of thiophene rings is 1. The molecule has 0 aliphatic heterocycles. The van der Waals surface area contributed by atoms with Crippen molar-refractivity contribution in [3.8, 4) is 23.0 Å². The second-order valence-corrected chi connectivity index (χ2v) is 9.61. The molecule has 0 saturated carbocycles. The van der Waals surface area contributed by atoms with Crippen LogP contribution in [0.15, 0.2) is 60.9 Å². The average molecular weight is 549 g/mol. The molecule has 12 nitrogen and oxygen atoms in total. The number of fused-ring (bicyclic) bond motifs is 1. The fourth-order valence-electron chi connectivity index (χ4n) is 3.55. The number of likely N-dealkylation sites (N-methyl/N-ethyl adjacent to an activating group) is 1. The minimum absolute atomic E-state index is 0.141. The molecule has 1 aromatic carbocycles. The molecule has 4 aromatic heterocycles. The van der Waals surface area contributed by atoms with E-state index in [2.05, 4.69) is 25.4 Å². The monoisotopic (exact) mass is 548 g/mol. The van der Waals surface area contributed by atoms with E-state index in [1.807, 2.05) is 19.0 Å². The van der Waals surface area contributed by atoms with Gasteiger partial charge in [0.2, 0.25) is 5.88 Å². The van der Waals surface area contributed by atoms with Crippen LogP contribution in [-0.2, 0) is 0 Å². The second-order valence-electron chi connectivity index (χ2n) is 8.55. The summed E-state index contributed by atoms with van der Waals surface area (Å²) in [6, 6.07) is 11.8. The smallest absolute Gasteiger partial charge is 0.324 e. The van der Waals surface area contributed by atoms with Crippen LogP contribution in [0.25, 0.3) is 28.1 Å². The van der Waals surface area contributed by atoms with Crippen molar-refractivity contribution in [2.45, 2.75) is 0 Å². The van der Waals surface area contributed by atoms with E-state index in [1.165, 1.54) is 35.1 Å². The fraction of sp³-hybridized carbons (Fsp3) is 0.160. The van der Waals surface area contributed by atoms with Gasteiger partial charge in [0.25, 0.3) is 5.91 Å². The normalized spacial score (nSPS) is 11.2. The predicted molar refractivity (Wildman–Crippen MR) is 143 cm³/mol. The van der Waals surface area contributed by atoms with Gasteiger partial charge in [-0.3, -0.25) is 14.9 Å². The van der Waals surface area contributed by atoms with E-state index in [0.29, 0.717) is 34.8 Å². The van der Waals surface area contributed by atoms with Crippen molar-refractivity contribution in [2.24, 2.45) is 0 Å². The lowest BCUT2D eigenvalue weighted by Crippen LogP contribution is -2.19. The van der Waals surface area contributed by atoms with Gasteiger partial charge < -0.3 is 15.0 Å². The number of halogens is 1. The highest BCUT2D eigenvalue weighted by Crippen LogP contribution is 2.29. The standard InChI is InChI=1S/C25H21FN8O4S/c1-32(2)11-12-38-20-9-3-15(13-27-20)22-29-23(31-25(35)19-8-10-21(39-19)34(36)37)18-14-28-33(24(18)30-22)17-6-4-16(26)5-7-17/h3-10,13-14H,11-12H2,1-2H3,(H,29,30,31,35). The van der Waals surface area contributed by atoms with E-state index in [0.717, 1.165) is 17.9 Å². The number of nitrogens with one attached hydrogen (secondary N) is 1. The third-order valence-corrected chi connectivity index (χ3v) is 6.55. The van der Waals surface area contributed by atoms with E-state index >= 15 is 0 Å². The molecule has 0 unspecified atom stereocenters. The number of nitrogens with zero attached hydrogens (tertiary/aromatic N) is 7. The largest absolute Gasteiger partial charge is 0.476 e. The van der Waals surface area contributed by atoms with Gasteiger partial charge in [-0.05, 0) is 50.5 Å². The highest BCUT2D eigenvalue weighted by atomic mass is 32.1. The van der Waals surface area contributed by atoms with Crippen LogP contribution in [0, 0.1) is 15.9 Å². The highest BCUT2D eigenvalue weighted by molar-refractivity contribution is 7.17. The Morgan fingerprint density at radius 1 is 1.13 bits per heavy atom. The van der Waals surface area contributed by atoms with E-state index < -0.39 is 16.6 Å². The number of carbonyl (C=O) groups is 1. The predicted octanol–water partition coefficient (Wildman–Crippen LogP) is 4.18. The van der Waals surface area contributed by atoms with Crippen LogP contribution >= 0.6 is 11.3 Å². The van der Waals surface area contributed by atoms with Crippen LogP contribution < -0.4 is 10.1 Å². The Labute approximate surface area is 224 Å². The lowest BCUT2D eigenvalue weighted by atomic mass is 10.2. The highest BCUT2D eigenvalue weighted by Gasteiger charge is 2.20. The van der Waals surface area contributed by atoms with Crippen LogP contribution in [-0.4, -0.2) is 67.7 Å². The third-order valence-electron chi connectivity index (χ3n) is 5.51. The molecule has 5 aromatic rings. The van der Waals surface area contributed by atoms with Gasteiger partial charge in [-0.15, -0.1) is 0 Å². The van der Waals surface area contributed by atoms with Gasteiger partial charge in [0, 0.05) is 30.4 Å². The number of anilines is 1. The first kappa shape index (κ1) is 25.8. The molecular formula is C25H21FN8O4S. The number of ether oxygens (including phenoxy) is 1. The van der Waals surface area contributed by atoms with Crippen LogP contribution in [0.3, 0.4) is 0 Å². The molecule has 1 amide bonds. The number of benzene rings is 1. The summed E-state index contributed by atoms with van der Waals surface area (Å²) in [5, 5.41) is 18.4. The Kier molecular flexibility index (Phi) is 7.21. The first-order valence-corrected chi connectivity index (χ1v) is 12.4. The van der Waals surface area contributed by atoms with Crippen LogP contribution in [0.4, 0.5) is 15.2 Å². The van der Waals surface area contributed by atoms with Gasteiger partial charge in [0.1, 0.15) is 18.2 Å². The quantitative estimate of drug-likeness (QED) is 0.212. The summed E-state index contributed by atoms with van der Waals surface area (Å²) < 4.78 is 20.7. The Bertz CT molecular complexity index is 1650. The number of pyridine rings is 1. The number of nitro groups is 1. The Morgan fingerprint density at radius 2 is 1.92 bits per heavy atom. The molecule has 0 aliphatic rings.